The van der Waals surface area contributed by atoms with Gasteiger partial charge in [-0.3, -0.25) is 58.6 Å². The van der Waals surface area contributed by atoms with Crippen molar-refractivity contribution >= 4 is 146 Å². The highest BCUT2D eigenvalue weighted by Crippen LogP contribution is 2.43. The van der Waals surface area contributed by atoms with Crippen LogP contribution < -0.4 is 31.8 Å². The van der Waals surface area contributed by atoms with Crippen LogP contribution in [0.2, 0.25) is 0 Å². The van der Waals surface area contributed by atoms with E-state index in [1.165, 1.54) is 98.4 Å². The number of hydroxylamine groups is 4. The number of thiophene rings is 2. The van der Waals surface area contributed by atoms with Crippen LogP contribution in [-0.4, -0.2) is 233 Å². The molecule has 0 radical (unpaired) electrons. The number of ether oxygens (including phenoxy) is 2. The number of carbonyl (C=O) groups excluding carboxylic acids is 7. The van der Waals surface area contributed by atoms with E-state index in [2.05, 4.69) is 270 Å². The van der Waals surface area contributed by atoms with Gasteiger partial charge in [0.1, 0.15) is 0 Å². The molecular formula is C102H131BBr3N15O13S2. The molecule has 0 aromatic carbocycles. The molecule has 5 fully saturated rings. The second-order valence-corrected chi connectivity index (χ2v) is 41.3. The zero-order valence-corrected chi connectivity index (χ0v) is 86.5. The van der Waals surface area contributed by atoms with Crippen molar-refractivity contribution in [2.45, 2.75) is 227 Å². The minimum absolute atomic E-state index is 0.0595. The number of halogens is 3. The highest BCUT2D eigenvalue weighted by Gasteiger charge is 2.52. The molecule has 5 saturated heterocycles. The number of morpholine rings is 2. The van der Waals surface area contributed by atoms with Crippen LogP contribution in [0.25, 0.3) is 32.7 Å². The number of urea groups is 2. The van der Waals surface area contributed by atoms with Crippen molar-refractivity contribution in [2.24, 2.45) is 5.73 Å². The molecule has 728 valence electrons. The number of nitrogens with two attached hydrogens (primary N) is 1. The van der Waals surface area contributed by atoms with E-state index in [1.54, 1.807) is 11.3 Å². The number of fused-ring (bicyclic) bond motifs is 4. The van der Waals surface area contributed by atoms with Gasteiger partial charge >= 0.3 is 25.3 Å². The number of nitrogens with zero attached hydrogens (tertiary/aromatic N) is 10. The monoisotopic (exact) mass is 2090 g/mol. The van der Waals surface area contributed by atoms with Gasteiger partial charge in [0.15, 0.2) is 0 Å². The zero-order valence-electron chi connectivity index (χ0n) is 80.1. The molecule has 0 atom stereocenters. The summed E-state index contributed by atoms with van der Waals surface area (Å²) in [4.78, 5) is 120. The summed E-state index contributed by atoms with van der Waals surface area (Å²) in [5.41, 5.74) is 26.9. The van der Waals surface area contributed by atoms with Gasteiger partial charge in [-0.1, -0.05) is 106 Å². The molecule has 9 aliphatic heterocycles. The van der Waals surface area contributed by atoms with E-state index in [4.69, 9.17) is 29.5 Å². The standard InChI is InChI=1S/C28H36N4O2S.C19H24BrN3O.C15H24BNO3S.2C13H13BrN2.C9H8N2O7.C5H13N/c1-3-22(4-2)30-28(33)32-11-9-20(10-12-32)24-6-7-26-25(24)17-21(18-29-26)27-8-5-23(35-27)19-31-13-15-34-16-14-31;1-3-15(4-2)22-19(24)23-9-7-13(8-10-23)16-5-6-18-17(16)11-14(20)12-21-18;1-14(2)15(3,4)20-16(19-14)13-6-5-12(21-13)11-17-7-9-18-10-8-17;2*14-10-7-12-11(1-2-13(12)16-8-10)9-3-5-15-6-4-9;12-5-1-2-6(13)10(5)17-9(16)18-11-7(14)3-4-8(11)15;1-3-5(6)4-2/h5-6,8-9,17-18,22H,3-4,7,10-16,19H2,1-2H3,(H,30,33);5,7,11-12,15H,3-4,6,8-10H2,1-2H3,(H,22,24);5-6H,7-11H2,1-4H3;2*1,3,7-8,15H,2,4-6H2;1-4H2;5H,3-4,6H2,1-2H3. The summed E-state index contributed by atoms with van der Waals surface area (Å²) in [6, 6.07) is 18.7. The lowest BCUT2D eigenvalue weighted by Gasteiger charge is -2.32. The first-order valence-electron chi connectivity index (χ1n) is 48.2. The second kappa shape index (κ2) is 50.3. The van der Waals surface area contributed by atoms with Crippen LogP contribution in [0.5, 0.6) is 0 Å². The fraction of sp³-hybridized carbons (Fsp3) is 0.500. The van der Waals surface area contributed by atoms with Crippen molar-refractivity contribution in [3.8, 4) is 10.4 Å². The summed E-state index contributed by atoms with van der Waals surface area (Å²) in [6.07, 6.45) is 38.0. The smallest absolute Gasteiger partial charge is 0.399 e. The van der Waals surface area contributed by atoms with E-state index >= 15 is 0 Å². The lowest BCUT2D eigenvalue weighted by molar-refractivity contribution is -0.198. The fourth-order valence-electron chi connectivity index (χ4n) is 17.4. The van der Waals surface area contributed by atoms with Crippen LogP contribution in [0.1, 0.15) is 214 Å². The maximum atomic E-state index is 12.6. The van der Waals surface area contributed by atoms with Gasteiger partial charge in [0.25, 0.3) is 23.6 Å². The second-order valence-electron chi connectivity index (χ2n) is 36.2. The van der Waals surface area contributed by atoms with Crippen LogP contribution in [-0.2, 0) is 86.4 Å². The quantitative estimate of drug-likeness (QED) is 0.0350. The van der Waals surface area contributed by atoms with E-state index in [0.717, 1.165) is 224 Å². The Morgan fingerprint density at radius 2 is 0.838 bits per heavy atom. The predicted octanol–water partition coefficient (Wildman–Crippen LogP) is 17.1. The minimum Gasteiger partial charge on any atom is -0.399 e. The Kier molecular flexibility index (Phi) is 38.7. The number of allylic oxidation sites excluding steroid dienone is 8. The molecule has 0 unspecified atom stereocenters. The molecule has 15 heterocycles. The molecule has 0 saturated carbocycles. The van der Waals surface area contributed by atoms with Gasteiger partial charge in [0.2, 0.25) is 0 Å². The van der Waals surface area contributed by atoms with Gasteiger partial charge in [-0.15, -0.1) is 22.7 Å². The third kappa shape index (κ3) is 28.1. The molecular weight excluding hydrogens is 1960 g/mol. The fourth-order valence-corrected chi connectivity index (χ4v) is 20.5. The highest BCUT2D eigenvalue weighted by molar-refractivity contribution is 9.11. The van der Waals surface area contributed by atoms with Crippen molar-refractivity contribution < 1.29 is 62.0 Å². The van der Waals surface area contributed by atoms with Gasteiger partial charge in [0, 0.05) is 233 Å². The Bertz CT molecular complexity index is 5330. The molecule has 6 aromatic heterocycles. The number of aromatic nitrogens is 4. The zero-order chi connectivity index (χ0) is 96.6. The molecule has 19 rings (SSSR count). The van der Waals surface area contributed by atoms with Gasteiger partial charge in [-0.05, 0) is 240 Å². The van der Waals surface area contributed by atoms with Crippen LogP contribution in [0.4, 0.5) is 14.4 Å². The highest BCUT2D eigenvalue weighted by atomic mass is 79.9. The Morgan fingerprint density at radius 3 is 1.19 bits per heavy atom. The number of pyridine rings is 4. The number of hydrogen-bond acceptors (Lipinski definition) is 24. The summed E-state index contributed by atoms with van der Waals surface area (Å²) in [6.45, 7) is 37.4. The third-order valence-electron chi connectivity index (χ3n) is 26.5. The molecule has 34 heteroatoms. The van der Waals surface area contributed by atoms with Crippen LogP contribution in [0.3, 0.4) is 0 Å². The number of carbonyl (C=O) groups is 7. The summed E-state index contributed by atoms with van der Waals surface area (Å²) in [5, 5.41) is 13.5. The number of nitrogens with one attached hydrogen (secondary N) is 4. The Morgan fingerprint density at radius 1 is 0.471 bits per heavy atom. The summed E-state index contributed by atoms with van der Waals surface area (Å²) in [7, 11) is -0.238. The molecule has 13 aliphatic rings. The normalized spacial score (nSPS) is 19.2. The molecule has 4 aliphatic carbocycles. The molecule has 0 bridgehead atoms. The van der Waals surface area contributed by atoms with Crippen LogP contribution in [0.15, 0.2) is 158 Å². The summed E-state index contributed by atoms with van der Waals surface area (Å²) < 4.78 is 27.4. The summed E-state index contributed by atoms with van der Waals surface area (Å²) in [5.74, 6) is -2.74. The van der Waals surface area contributed by atoms with Crippen molar-refractivity contribution in [1.82, 2.24) is 70.9 Å². The number of hydrogen-bond donors (Lipinski definition) is 5. The molecule has 28 nitrogen and oxygen atoms in total. The minimum atomic E-state index is -1.48. The topological polar surface area (TPSA) is 320 Å². The van der Waals surface area contributed by atoms with Gasteiger partial charge in [-0.25, -0.2) is 9.59 Å². The average molecular weight is 2090 g/mol. The lowest BCUT2D eigenvalue weighted by Crippen LogP contribution is -2.46. The lowest BCUT2D eigenvalue weighted by atomic mass is 9.88. The Balaban J connectivity index is 0.000000139. The van der Waals surface area contributed by atoms with Crippen LogP contribution in [0, 0.1) is 0 Å². The molecule has 136 heavy (non-hydrogen) atoms. The van der Waals surface area contributed by atoms with Crippen LogP contribution >= 0.6 is 70.5 Å². The largest absolute Gasteiger partial charge is 0.560 e. The predicted molar refractivity (Wildman–Crippen MR) is 546 cm³/mol. The Hall–Kier alpha value is -8.85. The van der Waals surface area contributed by atoms with Crippen molar-refractivity contribution in [1.29, 1.82) is 0 Å². The molecule has 8 amide bonds. The van der Waals surface area contributed by atoms with Crippen molar-refractivity contribution in [3.05, 3.63) is 212 Å². The number of imide groups is 2. The maximum Gasteiger partial charge on any atom is 0.560 e. The first-order chi connectivity index (χ1) is 65.6. The Labute approximate surface area is 834 Å². The molecule has 0 spiro atoms. The molecule has 6 aromatic rings. The molecule has 6 N–H and O–H groups in total. The van der Waals surface area contributed by atoms with Gasteiger partial charge in [0.05, 0.1) is 60.4 Å². The SMILES string of the molecule is Brc1cnc2c(c1)C(C1=CCNCC1)=CC2.Brc1cnc2c(c1)C(C1=CCNCC1)=CC2.CC1(C)OB(c2ccc(CN3CCOCC3)s2)OC1(C)C.CCC(CC)NC(=O)N1CC=C(C2=CCc3ncc(-c4ccc(CN5CCOCC5)s4)cc32)CC1.CCC(CC)NC(=O)N1CC=C(C2=CCc3ncc(Br)cc32)CC1.CCC(N)CC.O=C(ON1C(=O)CCC1=O)ON1C(=O)CCC1=O. The summed E-state index contributed by atoms with van der Waals surface area (Å²) >= 11 is 14.2. The van der Waals surface area contributed by atoms with E-state index in [9.17, 15) is 33.6 Å². The van der Waals surface area contributed by atoms with E-state index in [-0.39, 0.29) is 78.3 Å². The first kappa shape index (κ1) is 105. The first-order valence-corrected chi connectivity index (χ1v) is 52.2. The number of amides is 8. The van der Waals surface area contributed by atoms with E-state index in [0.29, 0.717) is 19.1 Å². The van der Waals surface area contributed by atoms with Gasteiger partial charge < -0.3 is 55.6 Å². The number of rotatable bonds is 20. The van der Waals surface area contributed by atoms with E-state index < -0.39 is 29.8 Å². The third-order valence-corrected chi connectivity index (χ3v) is 30.1. The van der Waals surface area contributed by atoms with Gasteiger partial charge in [-0.2, -0.15) is 4.79 Å². The average Bonchev–Trinajstić information content (AvgIpc) is 1.61. The maximum absolute atomic E-state index is 12.6. The van der Waals surface area contributed by atoms with Crippen molar-refractivity contribution in [3.63, 3.8) is 0 Å². The van der Waals surface area contributed by atoms with E-state index in [1.807, 2.05) is 45.9 Å². The van der Waals surface area contributed by atoms with Crippen molar-refractivity contribution in [2.75, 3.05) is 105 Å².